The summed E-state index contributed by atoms with van der Waals surface area (Å²) < 4.78 is 11.7. The predicted octanol–water partition coefficient (Wildman–Crippen LogP) is 4.11. The van der Waals surface area contributed by atoms with Crippen LogP contribution < -0.4 is 10.1 Å². The number of benzene rings is 1. The Morgan fingerprint density at radius 2 is 1.86 bits per heavy atom. The van der Waals surface area contributed by atoms with Crippen LogP contribution in [0.15, 0.2) is 18.2 Å². The van der Waals surface area contributed by atoms with Crippen molar-refractivity contribution in [1.82, 2.24) is 5.32 Å². The standard InChI is InChI=1S/C18H31NO2/c1-8-19-16(17(21-9-2)18(4,5)6)14-12-13(3)10-11-15(14)20-7/h10-12,16-17,19H,8-9H2,1-7H3. The van der Waals surface area contributed by atoms with Crippen molar-refractivity contribution < 1.29 is 9.47 Å². The van der Waals surface area contributed by atoms with Crippen LogP contribution in [0.2, 0.25) is 0 Å². The van der Waals surface area contributed by atoms with Crippen molar-refractivity contribution >= 4 is 0 Å². The highest BCUT2D eigenvalue weighted by Gasteiger charge is 2.35. The van der Waals surface area contributed by atoms with Gasteiger partial charge in [-0.2, -0.15) is 0 Å². The molecule has 0 aromatic heterocycles. The van der Waals surface area contributed by atoms with E-state index in [0.29, 0.717) is 6.61 Å². The lowest BCUT2D eigenvalue weighted by molar-refractivity contribution is -0.0367. The number of ether oxygens (including phenoxy) is 2. The molecule has 120 valence electrons. The van der Waals surface area contributed by atoms with Gasteiger partial charge in [0.1, 0.15) is 5.75 Å². The number of nitrogens with one attached hydrogen (secondary N) is 1. The van der Waals surface area contributed by atoms with Crippen LogP contribution in [0.3, 0.4) is 0 Å². The van der Waals surface area contributed by atoms with Crippen LogP contribution in [0.25, 0.3) is 0 Å². The summed E-state index contributed by atoms with van der Waals surface area (Å²) in [6.07, 6.45) is 0.0816. The maximum Gasteiger partial charge on any atom is 0.123 e. The second kappa shape index (κ2) is 7.81. The molecule has 2 atom stereocenters. The van der Waals surface area contributed by atoms with Crippen LogP contribution in [0.4, 0.5) is 0 Å². The highest BCUT2D eigenvalue weighted by Crippen LogP contribution is 2.37. The normalized spacial score (nSPS) is 14.8. The Kier molecular flexibility index (Phi) is 6.69. The summed E-state index contributed by atoms with van der Waals surface area (Å²) in [6, 6.07) is 6.44. The van der Waals surface area contributed by atoms with E-state index < -0.39 is 0 Å². The van der Waals surface area contributed by atoms with Crippen LogP contribution >= 0.6 is 0 Å². The zero-order chi connectivity index (χ0) is 16.0. The van der Waals surface area contributed by atoms with Gasteiger partial charge in [0.2, 0.25) is 0 Å². The molecule has 0 aliphatic heterocycles. The smallest absolute Gasteiger partial charge is 0.123 e. The maximum atomic E-state index is 6.10. The number of aryl methyl sites for hydroxylation is 1. The summed E-state index contributed by atoms with van der Waals surface area (Å²) in [7, 11) is 1.73. The molecule has 21 heavy (non-hydrogen) atoms. The van der Waals surface area contributed by atoms with E-state index in [4.69, 9.17) is 9.47 Å². The fourth-order valence-corrected chi connectivity index (χ4v) is 2.72. The third-order valence-electron chi connectivity index (χ3n) is 3.65. The zero-order valence-corrected chi connectivity index (χ0v) is 14.6. The van der Waals surface area contributed by atoms with E-state index in [1.165, 1.54) is 11.1 Å². The molecule has 3 heteroatoms. The van der Waals surface area contributed by atoms with Crippen molar-refractivity contribution in [3.8, 4) is 5.75 Å². The molecule has 0 aliphatic rings. The Bertz CT molecular complexity index is 437. The molecule has 0 amide bonds. The highest BCUT2D eigenvalue weighted by molar-refractivity contribution is 5.40. The lowest BCUT2D eigenvalue weighted by atomic mass is 9.81. The first-order valence-corrected chi connectivity index (χ1v) is 7.84. The fraction of sp³-hybridized carbons (Fsp3) is 0.667. The lowest BCUT2D eigenvalue weighted by Crippen LogP contribution is -2.42. The lowest BCUT2D eigenvalue weighted by Gasteiger charge is -2.38. The van der Waals surface area contributed by atoms with Crippen molar-refractivity contribution in [2.75, 3.05) is 20.3 Å². The van der Waals surface area contributed by atoms with E-state index in [1.54, 1.807) is 7.11 Å². The number of hydrogen-bond acceptors (Lipinski definition) is 3. The van der Waals surface area contributed by atoms with E-state index >= 15 is 0 Å². The van der Waals surface area contributed by atoms with Crippen LogP contribution in [-0.4, -0.2) is 26.4 Å². The zero-order valence-electron chi connectivity index (χ0n) is 14.6. The van der Waals surface area contributed by atoms with E-state index in [9.17, 15) is 0 Å². The van der Waals surface area contributed by atoms with Crippen LogP contribution in [-0.2, 0) is 4.74 Å². The minimum atomic E-state index is 0.0393. The molecule has 1 aromatic carbocycles. The van der Waals surface area contributed by atoms with Gasteiger partial charge in [-0.25, -0.2) is 0 Å². The molecule has 0 spiro atoms. The van der Waals surface area contributed by atoms with Gasteiger partial charge in [-0.15, -0.1) is 0 Å². The summed E-state index contributed by atoms with van der Waals surface area (Å²) in [5.41, 5.74) is 2.45. The van der Waals surface area contributed by atoms with Crippen molar-refractivity contribution in [2.45, 2.75) is 53.7 Å². The topological polar surface area (TPSA) is 30.5 Å². The molecule has 3 nitrogen and oxygen atoms in total. The second-order valence-corrected chi connectivity index (χ2v) is 6.52. The average molecular weight is 293 g/mol. The third-order valence-corrected chi connectivity index (χ3v) is 3.65. The fourth-order valence-electron chi connectivity index (χ4n) is 2.72. The van der Waals surface area contributed by atoms with Crippen molar-refractivity contribution in [3.05, 3.63) is 29.3 Å². The first-order chi connectivity index (χ1) is 9.85. The Hall–Kier alpha value is -1.06. The Morgan fingerprint density at radius 3 is 2.33 bits per heavy atom. The monoisotopic (exact) mass is 293 g/mol. The summed E-state index contributed by atoms with van der Waals surface area (Å²) in [6.45, 7) is 14.5. The minimum absolute atomic E-state index is 0.0393. The first-order valence-electron chi connectivity index (χ1n) is 7.84. The molecule has 0 saturated heterocycles. The molecule has 0 saturated carbocycles. The molecule has 0 aliphatic carbocycles. The average Bonchev–Trinajstić information content (AvgIpc) is 2.41. The number of likely N-dealkylation sites (N-methyl/N-ethyl adjacent to an activating group) is 1. The Morgan fingerprint density at radius 1 is 1.19 bits per heavy atom. The van der Waals surface area contributed by atoms with Gasteiger partial charge in [0, 0.05) is 12.2 Å². The van der Waals surface area contributed by atoms with Gasteiger partial charge in [0.15, 0.2) is 0 Å². The quantitative estimate of drug-likeness (QED) is 0.821. The highest BCUT2D eigenvalue weighted by atomic mass is 16.5. The molecule has 0 heterocycles. The van der Waals surface area contributed by atoms with Crippen molar-refractivity contribution in [3.63, 3.8) is 0 Å². The van der Waals surface area contributed by atoms with Gasteiger partial charge < -0.3 is 14.8 Å². The molecular weight excluding hydrogens is 262 g/mol. The van der Waals surface area contributed by atoms with Gasteiger partial charge in [-0.3, -0.25) is 0 Å². The maximum absolute atomic E-state index is 6.10. The molecule has 2 unspecified atom stereocenters. The Labute approximate surface area is 130 Å². The largest absolute Gasteiger partial charge is 0.496 e. The van der Waals surface area contributed by atoms with Gasteiger partial charge in [0.25, 0.3) is 0 Å². The number of rotatable bonds is 7. The molecule has 1 aromatic rings. The summed E-state index contributed by atoms with van der Waals surface area (Å²) in [4.78, 5) is 0. The minimum Gasteiger partial charge on any atom is -0.496 e. The second-order valence-electron chi connectivity index (χ2n) is 6.52. The molecule has 0 fully saturated rings. The van der Waals surface area contributed by atoms with Crippen LogP contribution in [0, 0.1) is 12.3 Å². The summed E-state index contributed by atoms with van der Waals surface area (Å²) in [5.74, 6) is 0.917. The predicted molar refractivity (Wildman–Crippen MR) is 89.0 cm³/mol. The molecule has 1 rings (SSSR count). The van der Waals surface area contributed by atoms with Crippen LogP contribution in [0.5, 0.6) is 5.75 Å². The molecule has 0 radical (unpaired) electrons. The number of methoxy groups -OCH3 is 1. The van der Waals surface area contributed by atoms with Crippen molar-refractivity contribution in [2.24, 2.45) is 5.41 Å². The van der Waals surface area contributed by atoms with Gasteiger partial charge in [-0.1, -0.05) is 45.4 Å². The first kappa shape index (κ1) is 18.0. The van der Waals surface area contributed by atoms with Crippen LogP contribution in [0.1, 0.15) is 51.8 Å². The van der Waals surface area contributed by atoms with Crippen molar-refractivity contribution in [1.29, 1.82) is 0 Å². The molecular formula is C18H31NO2. The SMILES string of the molecule is CCNC(c1cc(C)ccc1OC)C(OCC)C(C)(C)C. The van der Waals surface area contributed by atoms with E-state index in [-0.39, 0.29) is 17.6 Å². The van der Waals surface area contributed by atoms with Gasteiger partial charge >= 0.3 is 0 Å². The molecule has 1 N–H and O–H groups in total. The van der Waals surface area contributed by atoms with E-state index in [1.807, 2.05) is 6.07 Å². The van der Waals surface area contributed by atoms with E-state index in [0.717, 1.165) is 12.3 Å². The Balaban J connectivity index is 3.29. The molecule has 0 bridgehead atoms. The van der Waals surface area contributed by atoms with Gasteiger partial charge in [-0.05, 0) is 31.9 Å². The summed E-state index contributed by atoms with van der Waals surface area (Å²) >= 11 is 0. The summed E-state index contributed by atoms with van der Waals surface area (Å²) in [5, 5.41) is 3.59. The third kappa shape index (κ3) is 4.72. The van der Waals surface area contributed by atoms with Gasteiger partial charge in [0.05, 0.1) is 19.3 Å². The number of hydrogen-bond donors (Lipinski definition) is 1. The van der Waals surface area contributed by atoms with E-state index in [2.05, 4.69) is 59.0 Å².